The highest BCUT2D eigenvalue weighted by Gasteiger charge is 2.15. The lowest BCUT2D eigenvalue weighted by Gasteiger charge is -2.11. The molecule has 3 nitrogen and oxygen atoms in total. The number of nitrogens with one attached hydrogen (secondary N) is 2. The fourth-order valence-corrected chi connectivity index (χ4v) is 2.43. The first kappa shape index (κ1) is 12.0. The lowest BCUT2D eigenvalue weighted by Crippen LogP contribution is -1.96. The van der Waals surface area contributed by atoms with Crippen molar-refractivity contribution in [2.24, 2.45) is 0 Å². The quantitative estimate of drug-likeness (QED) is 0.870. The molecule has 0 saturated heterocycles. The topological polar surface area (TPSA) is 37.0 Å². The maximum atomic E-state index is 4.35. The number of hydrogen-bond donors (Lipinski definition) is 2. The zero-order chi connectivity index (χ0) is 13.2. The molecule has 2 N–H and O–H groups in total. The molecule has 0 aliphatic carbocycles. The molecule has 2 aromatic rings. The van der Waals surface area contributed by atoms with Crippen LogP contribution in [0, 0.1) is 0 Å². The number of rotatable bonds is 3. The zero-order valence-corrected chi connectivity index (χ0v) is 11.4. The van der Waals surface area contributed by atoms with Crippen molar-refractivity contribution < 1.29 is 0 Å². The van der Waals surface area contributed by atoms with Crippen molar-refractivity contribution in [3.8, 4) is 0 Å². The second-order valence-corrected chi connectivity index (χ2v) is 5.26. The molecule has 3 heteroatoms. The molecule has 0 fully saturated rings. The highest BCUT2D eigenvalue weighted by molar-refractivity contribution is 5.70. The van der Waals surface area contributed by atoms with E-state index in [1.54, 1.807) is 0 Å². The van der Waals surface area contributed by atoms with Crippen molar-refractivity contribution in [2.45, 2.75) is 26.2 Å². The van der Waals surface area contributed by atoms with Crippen molar-refractivity contribution in [1.82, 2.24) is 4.98 Å². The fourth-order valence-electron chi connectivity index (χ4n) is 2.43. The SMILES string of the molecule is CC(C)c1ccc(Nc2ccnc3c2CCN3)cc1. The Morgan fingerprint density at radius 3 is 2.68 bits per heavy atom. The van der Waals surface area contributed by atoms with Crippen LogP contribution in [0.3, 0.4) is 0 Å². The van der Waals surface area contributed by atoms with Crippen molar-refractivity contribution in [3.63, 3.8) is 0 Å². The van der Waals surface area contributed by atoms with E-state index in [0.717, 1.165) is 30.2 Å². The smallest absolute Gasteiger partial charge is 0.131 e. The number of pyridine rings is 1. The van der Waals surface area contributed by atoms with Crippen LogP contribution in [0.5, 0.6) is 0 Å². The minimum atomic E-state index is 0.573. The van der Waals surface area contributed by atoms with Gasteiger partial charge < -0.3 is 10.6 Å². The van der Waals surface area contributed by atoms with E-state index in [1.807, 2.05) is 12.3 Å². The minimum Gasteiger partial charge on any atom is -0.369 e. The van der Waals surface area contributed by atoms with Crippen molar-refractivity contribution in [2.75, 3.05) is 17.2 Å². The largest absolute Gasteiger partial charge is 0.369 e. The van der Waals surface area contributed by atoms with Gasteiger partial charge in [0.15, 0.2) is 0 Å². The summed E-state index contributed by atoms with van der Waals surface area (Å²) in [5.41, 5.74) is 4.94. The van der Waals surface area contributed by atoms with Gasteiger partial charge in [0.05, 0.1) is 0 Å². The molecule has 0 amide bonds. The zero-order valence-electron chi connectivity index (χ0n) is 11.4. The van der Waals surface area contributed by atoms with E-state index in [0.29, 0.717) is 5.92 Å². The second-order valence-electron chi connectivity index (χ2n) is 5.26. The van der Waals surface area contributed by atoms with Gasteiger partial charge in [-0.25, -0.2) is 4.98 Å². The van der Waals surface area contributed by atoms with E-state index in [4.69, 9.17) is 0 Å². The maximum absolute atomic E-state index is 4.35. The molecular formula is C16H19N3. The first-order valence-corrected chi connectivity index (χ1v) is 6.83. The molecule has 0 spiro atoms. The van der Waals surface area contributed by atoms with Gasteiger partial charge in [-0.15, -0.1) is 0 Å². The van der Waals surface area contributed by atoms with Gasteiger partial charge in [0.1, 0.15) is 5.82 Å². The van der Waals surface area contributed by atoms with Crippen LogP contribution in [0.2, 0.25) is 0 Å². The number of hydrogen-bond acceptors (Lipinski definition) is 3. The Balaban J connectivity index is 1.84. The Hall–Kier alpha value is -2.03. The third-order valence-electron chi connectivity index (χ3n) is 3.58. The number of nitrogens with zero attached hydrogens (tertiary/aromatic N) is 1. The Morgan fingerprint density at radius 1 is 1.16 bits per heavy atom. The van der Waals surface area contributed by atoms with Gasteiger partial charge in [0.2, 0.25) is 0 Å². The van der Waals surface area contributed by atoms with Crippen LogP contribution in [-0.2, 0) is 6.42 Å². The first-order valence-electron chi connectivity index (χ1n) is 6.83. The molecule has 1 aromatic carbocycles. The van der Waals surface area contributed by atoms with Crippen LogP contribution >= 0.6 is 0 Å². The summed E-state index contributed by atoms with van der Waals surface area (Å²) < 4.78 is 0. The van der Waals surface area contributed by atoms with Crippen LogP contribution in [0.25, 0.3) is 0 Å². The lowest BCUT2D eigenvalue weighted by molar-refractivity contribution is 0.867. The molecule has 98 valence electrons. The van der Waals surface area contributed by atoms with E-state index >= 15 is 0 Å². The molecule has 19 heavy (non-hydrogen) atoms. The third kappa shape index (κ3) is 2.41. The van der Waals surface area contributed by atoms with Gasteiger partial charge in [-0.1, -0.05) is 26.0 Å². The van der Waals surface area contributed by atoms with Crippen LogP contribution in [-0.4, -0.2) is 11.5 Å². The Kier molecular flexibility index (Phi) is 3.11. The average molecular weight is 253 g/mol. The van der Waals surface area contributed by atoms with E-state index in [1.165, 1.54) is 11.1 Å². The van der Waals surface area contributed by atoms with E-state index < -0.39 is 0 Å². The van der Waals surface area contributed by atoms with Gasteiger partial charge in [0, 0.05) is 29.7 Å². The van der Waals surface area contributed by atoms with Crippen LogP contribution in [0.1, 0.15) is 30.9 Å². The highest BCUT2D eigenvalue weighted by atomic mass is 15.0. The Bertz CT molecular complexity index is 573. The first-order chi connectivity index (χ1) is 9.24. The monoisotopic (exact) mass is 253 g/mol. The van der Waals surface area contributed by atoms with Crippen molar-refractivity contribution in [1.29, 1.82) is 0 Å². The predicted octanol–water partition coefficient (Wildman–Crippen LogP) is 3.92. The normalized spacial score (nSPS) is 13.2. The van der Waals surface area contributed by atoms with Gasteiger partial charge in [-0.3, -0.25) is 0 Å². The molecule has 0 saturated carbocycles. The van der Waals surface area contributed by atoms with Crippen molar-refractivity contribution in [3.05, 3.63) is 47.7 Å². The molecule has 1 aromatic heterocycles. The van der Waals surface area contributed by atoms with Gasteiger partial charge in [0.25, 0.3) is 0 Å². The fraction of sp³-hybridized carbons (Fsp3) is 0.312. The van der Waals surface area contributed by atoms with Crippen LogP contribution in [0.15, 0.2) is 36.5 Å². The van der Waals surface area contributed by atoms with Gasteiger partial charge in [-0.05, 0) is 36.1 Å². The van der Waals surface area contributed by atoms with Crippen molar-refractivity contribution >= 4 is 17.2 Å². The summed E-state index contributed by atoms with van der Waals surface area (Å²) in [4.78, 5) is 4.35. The summed E-state index contributed by atoms with van der Waals surface area (Å²) >= 11 is 0. The number of aromatic nitrogens is 1. The summed E-state index contributed by atoms with van der Waals surface area (Å²) in [6, 6.07) is 10.7. The average Bonchev–Trinajstić information content (AvgIpc) is 2.89. The molecule has 1 aliphatic rings. The predicted molar refractivity (Wildman–Crippen MR) is 80.2 cm³/mol. The molecule has 0 unspecified atom stereocenters. The minimum absolute atomic E-state index is 0.573. The Morgan fingerprint density at radius 2 is 1.95 bits per heavy atom. The molecule has 0 radical (unpaired) electrons. The lowest BCUT2D eigenvalue weighted by atomic mass is 10.0. The van der Waals surface area contributed by atoms with Gasteiger partial charge >= 0.3 is 0 Å². The summed E-state index contributed by atoms with van der Waals surface area (Å²) in [5, 5.41) is 6.79. The summed E-state index contributed by atoms with van der Waals surface area (Å²) in [6.45, 7) is 5.40. The number of fused-ring (bicyclic) bond motifs is 1. The summed E-state index contributed by atoms with van der Waals surface area (Å²) in [5.74, 6) is 1.59. The summed E-state index contributed by atoms with van der Waals surface area (Å²) in [6.07, 6.45) is 2.89. The van der Waals surface area contributed by atoms with Crippen LogP contribution in [0.4, 0.5) is 17.2 Å². The third-order valence-corrected chi connectivity index (χ3v) is 3.58. The molecule has 3 rings (SSSR count). The maximum Gasteiger partial charge on any atom is 0.131 e. The van der Waals surface area contributed by atoms with E-state index in [9.17, 15) is 0 Å². The molecular weight excluding hydrogens is 234 g/mol. The molecule has 0 bridgehead atoms. The second kappa shape index (κ2) is 4.92. The van der Waals surface area contributed by atoms with E-state index in [2.05, 4.69) is 53.7 Å². The molecule has 1 aliphatic heterocycles. The van der Waals surface area contributed by atoms with Crippen LogP contribution < -0.4 is 10.6 Å². The van der Waals surface area contributed by atoms with E-state index in [-0.39, 0.29) is 0 Å². The molecule has 0 atom stereocenters. The number of benzene rings is 1. The highest BCUT2D eigenvalue weighted by Crippen LogP contribution is 2.29. The standard InChI is InChI=1S/C16H19N3/c1-11(2)12-3-5-13(6-4-12)19-15-8-10-18-16-14(15)7-9-17-16/h3-6,8,10-11H,7,9H2,1-2H3,(H2,17,18,19). The Labute approximate surface area is 114 Å². The number of anilines is 3. The van der Waals surface area contributed by atoms with Gasteiger partial charge in [-0.2, -0.15) is 0 Å². The summed E-state index contributed by atoms with van der Waals surface area (Å²) in [7, 11) is 0. The molecule has 2 heterocycles.